The SMILES string of the molecule is COc1ccc(C(=O)C[C@H]2OC(C)(C)O[C@H]2[C@H](OC(C)=O)[C@@H](C)OC=O)cc1. The van der Waals surface area contributed by atoms with Crippen LogP contribution in [0.2, 0.25) is 0 Å². The first kappa shape index (κ1) is 21.8. The Kier molecular flexibility index (Phi) is 7.15. The van der Waals surface area contributed by atoms with Gasteiger partial charge >= 0.3 is 5.97 Å². The van der Waals surface area contributed by atoms with Crippen molar-refractivity contribution >= 4 is 18.2 Å². The number of rotatable bonds is 9. The molecule has 0 amide bonds. The van der Waals surface area contributed by atoms with Crippen LogP contribution in [0.4, 0.5) is 0 Å². The van der Waals surface area contributed by atoms with Gasteiger partial charge in [0.25, 0.3) is 6.47 Å². The molecule has 154 valence electrons. The van der Waals surface area contributed by atoms with Gasteiger partial charge < -0.3 is 23.7 Å². The van der Waals surface area contributed by atoms with Gasteiger partial charge in [0.2, 0.25) is 0 Å². The summed E-state index contributed by atoms with van der Waals surface area (Å²) in [6.45, 7) is 6.51. The maximum absolute atomic E-state index is 12.7. The zero-order valence-electron chi connectivity index (χ0n) is 16.7. The topological polar surface area (TPSA) is 97.4 Å². The van der Waals surface area contributed by atoms with Gasteiger partial charge in [-0.25, -0.2) is 0 Å². The smallest absolute Gasteiger partial charge is 0.303 e. The maximum atomic E-state index is 12.7. The monoisotopic (exact) mass is 394 g/mol. The second-order valence-corrected chi connectivity index (χ2v) is 7.01. The molecule has 8 heteroatoms. The van der Waals surface area contributed by atoms with Crippen molar-refractivity contribution in [2.45, 2.75) is 64.3 Å². The third-order valence-corrected chi connectivity index (χ3v) is 4.38. The number of benzene rings is 1. The Bertz CT molecular complexity index is 697. The molecule has 1 fully saturated rings. The highest BCUT2D eigenvalue weighted by Crippen LogP contribution is 2.34. The number of carbonyl (C=O) groups excluding carboxylic acids is 3. The Hall–Kier alpha value is -2.45. The Balaban J connectivity index is 2.21. The van der Waals surface area contributed by atoms with E-state index in [0.29, 0.717) is 11.3 Å². The van der Waals surface area contributed by atoms with Crippen molar-refractivity contribution in [3.8, 4) is 5.75 Å². The normalized spacial score (nSPS) is 22.8. The first-order chi connectivity index (χ1) is 13.2. The Morgan fingerprint density at radius 3 is 2.39 bits per heavy atom. The lowest BCUT2D eigenvalue weighted by Crippen LogP contribution is -2.46. The first-order valence-electron chi connectivity index (χ1n) is 8.96. The van der Waals surface area contributed by atoms with E-state index in [1.807, 2.05) is 0 Å². The van der Waals surface area contributed by atoms with Crippen molar-refractivity contribution in [1.29, 1.82) is 0 Å². The number of methoxy groups -OCH3 is 1. The number of hydrogen-bond donors (Lipinski definition) is 0. The molecule has 1 aliphatic heterocycles. The van der Waals surface area contributed by atoms with Crippen molar-refractivity contribution < 1.29 is 38.1 Å². The largest absolute Gasteiger partial charge is 0.497 e. The van der Waals surface area contributed by atoms with Gasteiger partial charge in [0, 0.05) is 18.9 Å². The fourth-order valence-electron chi connectivity index (χ4n) is 3.16. The first-order valence-corrected chi connectivity index (χ1v) is 8.96. The summed E-state index contributed by atoms with van der Waals surface area (Å²) in [5.74, 6) is -1.07. The standard InChI is InChI=1S/C20H26O8/c1-12(25-11-21)18(26-13(2)22)19-17(27-20(3,4)28-19)10-16(23)14-6-8-15(24-5)9-7-14/h6-9,11-12,17-19H,10H2,1-5H3/t12-,17-,18-,19-/m1/s1. The summed E-state index contributed by atoms with van der Waals surface area (Å²) >= 11 is 0. The molecule has 0 bridgehead atoms. The van der Waals surface area contributed by atoms with Gasteiger partial charge in [-0.1, -0.05) is 0 Å². The molecule has 0 N–H and O–H groups in total. The van der Waals surface area contributed by atoms with Crippen LogP contribution in [0.25, 0.3) is 0 Å². The van der Waals surface area contributed by atoms with Crippen LogP contribution < -0.4 is 4.74 Å². The van der Waals surface area contributed by atoms with Crippen molar-refractivity contribution in [2.75, 3.05) is 7.11 Å². The van der Waals surface area contributed by atoms with Gasteiger partial charge in [-0.15, -0.1) is 0 Å². The predicted octanol–water partition coefficient (Wildman–Crippen LogP) is 2.28. The van der Waals surface area contributed by atoms with Gasteiger partial charge in [-0.3, -0.25) is 14.4 Å². The Labute approximate surface area is 164 Å². The van der Waals surface area contributed by atoms with Gasteiger partial charge in [-0.05, 0) is 45.0 Å². The van der Waals surface area contributed by atoms with E-state index in [9.17, 15) is 14.4 Å². The zero-order valence-corrected chi connectivity index (χ0v) is 16.7. The molecule has 28 heavy (non-hydrogen) atoms. The number of hydrogen-bond acceptors (Lipinski definition) is 8. The molecule has 1 heterocycles. The van der Waals surface area contributed by atoms with E-state index in [-0.39, 0.29) is 18.7 Å². The average Bonchev–Trinajstić information content (AvgIpc) is 2.93. The summed E-state index contributed by atoms with van der Waals surface area (Å²) in [5.41, 5.74) is 0.495. The lowest BCUT2D eigenvalue weighted by Gasteiger charge is -2.29. The lowest BCUT2D eigenvalue weighted by atomic mass is 9.97. The van der Waals surface area contributed by atoms with Crippen molar-refractivity contribution in [1.82, 2.24) is 0 Å². The molecule has 0 unspecified atom stereocenters. The van der Waals surface area contributed by atoms with E-state index in [0.717, 1.165) is 0 Å². The lowest BCUT2D eigenvalue weighted by molar-refractivity contribution is -0.183. The summed E-state index contributed by atoms with van der Waals surface area (Å²) < 4.78 is 27.2. The zero-order chi connectivity index (χ0) is 20.9. The molecule has 1 aromatic rings. The van der Waals surface area contributed by atoms with Crippen LogP contribution in [-0.4, -0.2) is 55.5 Å². The molecule has 4 atom stereocenters. The van der Waals surface area contributed by atoms with Crippen LogP contribution in [0, 0.1) is 0 Å². The molecule has 0 aromatic heterocycles. The summed E-state index contributed by atoms with van der Waals surface area (Å²) in [4.78, 5) is 35.0. The maximum Gasteiger partial charge on any atom is 0.303 e. The van der Waals surface area contributed by atoms with E-state index in [1.54, 1.807) is 52.1 Å². The minimum atomic E-state index is -0.991. The number of esters is 1. The quantitative estimate of drug-likeness (QED) is 0.357. The van der Waals surface area contributed by atoms with Gasteiger partial charge in [-0.2, -0.15) is 0 Å². The predicted molar refractivity (Wildman–Crippen MR) is 97.9 cm³/mol. The number of ketones is 1. The Morgan fingerprint density at radius 2 is 1.86 bits per heavy atom. The average molecular weight is 394 g/mol. The van der Waals surface area contributed by atoms with Crippen LogP contribution in [0.3, 0.4) is 0 Å². The summed E-state index contributed by atoms with van der Waals surface area (Å²) in [7, 11) is 1.55. The van der Waals surface area contributed by atoms with Crippen LogP contribution in [0.1, 0.15) is 44.5 Å². The summed E-state index contributed by atoms with van der Waals surface area (Å²) in [6.07, 6.45) is -3.16. The highest BCUT2D eigenvalue weighted by Gasteiger charge is 2.49. The minimum Gasteiger partial charge on any atom is -0.497 e. The fourth-order valence-corrected chi connectivity index (χ4v) is 3.16. The third-order valence-electron chi connectivity index (χ3n) is 4.38. The van der Waals surface area contributed by atoms with Crippen LogP contribution in [-0.2, 0) is 28.5 Å². The Morgan fingerprint density at radius 1 is 1.21 bits per heavy atom. The number of ether oxygens (including phenoxy) is 5. The molecule has 0 saturated carbocycles. The molecule has 1 aromatic carbocycles. The molecular formula is C20H26O8. The molecule has 8 nitrogen and oxygen atoms in total. The van der Waals surface area contributed by atoms with Gasteiger partial charge in [0.15, 0.2) is 17.7 Å². The van der Waals surface area contributed by atoms with Crippen LogP contribution in [0.5, 0.6) is 5.75 Å². The third kappa shape index (κ3) is 5.53. The minimum absolute atomic E-state index is 0.00595. The van der Waals surface area contributed by atoms with E-state index in [4.69, 9.17) is 23.7 Å². The van der Waals surface area contributed by atoms with E-state index in [2.05, 4.69) is 0 Å². The highest BCUT2D eigenvalue weighted by molar-refractivity contribution is 5.96. The van der Waals surface area contributed by atoms with Crippen LogP contribution >= 0.6 is 0 Å². The van der Waals surface area contributed by atoms with Crippen molar-refractivity contribution in [3.05, 3.63) is 29.8 Å². The van der Waals surface area contributed by atoms with Crippen molar-refractivity contribution in [2.24, 2.45) is 0 Å². The van der Waals surface area contributed by atoms with E-state index in [1.165, 1.54) is 6.92 Å². The van der Waals surface area contributed by atoms with E-state index < -0.39 is 36.2 Å². The van der Waals surface area contributed by atoms with Crippen molar-refractivity contribution in [3.63, 3.8) is 0 Å². The second-order valence-electron chi connectivity index (χ2n) is 7.01. The molecule has 2 rings (SSSR count). The molecular weight excluding hydrogens is 368 g/mol. The fraction of sp³-hybridized carbons (Fsp3) is 0.550. The number of Topliss-reactive ketones (excluding diaryl/α,β-unsaturated/α-hetero) is 1. The molecule has 0 spiro atoms. The highest BCUT2D eigenvalue weighted by atomic mass is 16.8. The summed E-state index contributed by atoms with van der Waals surface area (Å²) in [6, 6.07) is 6.72. The second kappa shape index (κ2) is 9.16. The van der Waals surface area contributed by atoms with Crippen LogP contribution in [0.15, 0.2) is 24.3 Å². The number of carbonyl (C=O) groups is 3. The van der Waals surface area contributed by atoms with Gasteiger partial charge in [0.1, 0.15) is 18.0 Å². The molecule has 1 saturated heterocycles. The van der Waals surface area contributed by atoms with E-state index >= 15 is 0 Å². The molecule has 0 radical (unpaired) electrons. The van der Waals surface area contributed by atoms with Gasteiger partial charge in [0.05, 0.1) is 13.2 Å². The molecule has 0 aliphatic carbocycles. The summed E-state index contributed by atoms with van der Waals surface area (Å²) in [5, 5.41) is 0. The molecule has 1 aliphatic rings.